The largest absolute Gasteiger partial charge is 0.478 e. The number of carboxylic acid groups (broad SMARTS) is 1. The van der Waals surface area contributed by atoms with E-state index in [0.717, 1.165) is 0 Å². The van der Waals surface area contributed by atoms with Gasteiger partial charge in [-0.15, -0.1) is 0 Å². The molecule has 1 aromatic carbocycles. The molecular weight excluding hydrogens is 222 g/mol. The van der Waals surface area contributed by atoms with Gasteiger partial charge >= 0.3 is 12.1 Å². The third-order valence-electron chi connectivity index (χ3n) is 1.64. The summed E-state index contributed by atoms with van der Waals surface area (Å²) in [4.78, 5) is 21.5. The number of carboxylic acids is 1. The van der Waals surface area contributed by atoms with E-state index in [2.05, 4.69) is 10.1 Å². The molecule has 80 valence electrons. The number of carbonyl (C=O) groups is 2. The summed E-state index contributed by atoms with van der Waals surface area (Å²) in [5.41, 5.74) is 0.231. The normalized spacial score (nSPS) is 9.47. The van der Waals surface area contributed by atoms with Gasteiger partial charge in [0, 0.05) is 0 Å². The maximum absolute atomic E-state index is 10.9. The van der Waals surface area contributed by atoms with E-state index in [0.29, 0.717) is 0 Å². The summed E-state index contributed by atoms with van der Waals surface area (Å²) in [6.45, 7) is 0. The SMILES string of the molecule is COC(=O)Nc1cc(C(=O)O)ccc1Cl. The van der Waals surface area contributed by atoms with E-state index >= 15 is 0 Å². The predicted molar refractivity (Wildman–Crippen MR) is 54.4 cm³/mol. The summed E-state index contributed by atoms with van der Waals surface area (Å²) >= 11 is 5.74. The van der Waals surface area contributed by atoms with Crippen LogP contribution in [0.4, 0.5) is 10.5 Å². The standard InChI is InChI=1S/C9H8ClNO4/c1-15-9(14)11-7-4-5(8(12)13)2-3-6(7)10/h2-4H,1H3,(H,11,14)(H,12,13). The zero-order chi connectivity index (χ0) is 11.4. The molecule has 5 nitrogen and oxygen atoms in total. The van der Waals surface area contributed by atoms with Crippen molar-refractivity contribution in [1.29, 1.82) is 0 Å². The van der Waals surface area contributed by atoms with Crippen LogP contribution in [0.15, 0.2) is 18.2 Å². The van der Waals surface area contributed by atoms with Crippen molar-refractivity contribution < 1.29 is 19.4 Å². The summed E-state index contributed by atoms with van der Waals surface area (Å²) in [5.74, 6) is -1.10. The molecule has 0 radical (unpaired) electrons. The number of benzene rings is 1. The second kappa shape index (κ2) is 4.65. The summed E-state index contributed by atoms with van der Waals surface area (Å²) in [6.07, 6.45) is -0.709. The molecule has 0 aliphatic carbocycles. The number of hydrogen-bond donors (Lipinski definition) is 2. The predicted octanol–water partition coefficient (Wildman–Crippen LogP) is 2.22. The maximum atomic E-state index is 10.9. The first-order valence-corrected chi connectivity index (χ1v) is 4.30. The number of anilines is 1. The number of rotatable bonds is 2. The molecule has 0 atom stereocenters. The number of halogens is 1. The van der Waals surface area contributed by atoms with E-state index in [-0.39, 0.29) is 16.3 Å². The molecule has 0 unspecified atom stereocenters. The van der Waals surface area contributed by atoms with Gasteiger partial charge in [-0.1, -0.05) is 11.6 Å². The average Bonchev–Trinajstić information content (AvgIpc) is 2.20. The maximum Gasteiger partial charge on any atom is 0.411 e. The fraction of sp³-hybridized carbons (Fsp3) is 0.111. The quantitative estimate of drug-likeness (QED) is 0.815. The van der Waals surface area contributed by atoms with Crippen molar-refractivity contribution in [3.63, 3.8) is 0 Å². The number of amides is 1. The third-order valence-corrected chi connectivity index (χ3v) is 1.97. The highest BCUT2D eigenvalue weighted by atomic mass is 35.5. The lowest BCUT2D eigenvalue weighted by Gasteiger charge is -2.06. The van der Waals surface area contributed by atoms with Crippen LogP contribution in [-0.4, -0.2) is 24.3 Å². The van der Waals surface area contributed by atoms with Gasteiger partial charge in [0.05, 0.1) is 23.4 Å². The lowest BCUT2D eigenvalue weighted by molar-refractivity contribution is 0.0697. The minimum atomic E-state index is -1.10. The van der Waals surface area contributed by atoms with Crippen LogP contribution in [0.5, 0.6) is 0 Å². The molecule has 0 spiro atoms. The highest BCUT2D eigenvalue weighted by Crippen LogP contribution is 2.23. The fourth-order valence-electron chi connectivity index (χ4n) is 0.915. The Morgan fingerprint density at radius 3 is 2.67 bits per heavy atom. The van der Waals surface area contributed by atoms with Gasteiger partial charge < -0.3 is 9.84 Å². The summed E-state index contributed by atoms with van der Waals surface area (Å²) in [6, 6.07) is 3.98. The monoisotopic (exact) mass is 229 g/mol. The molecule has 0 aliphatic heterocycles. The van der Waals surface area contributed by atoms with Crippen LogP contribution in [0.25, 0.3) is 0 Å². The van der Waals surface area contributed by atoms with Gasteiger partial charge in [-0.25, -0.2) is 9.59 Å². The number of carbonyl (C=O) groups excluding carboxylic acids is 1. The van der Waals surface area contributed by atoms with E-state index in [9.17, 15) is 9.59 Å². The molecule has 0 saturated carbocycles. The first-order valence-electron chi connectivity index (χ1n) is 3.92. The van der Waals surface area contributed by atoms with Gasteiger partial charge in [0.15, 0.2) is 0 Å². The first kappa shape index (κ1) is 11.3. The van der Waals surface area contributed by atoms with Crippen molar-refractivity contribution in [3.05, 3.63) is 28.8 Å². The Kier molecular flexibility index (Phi) is 3.51. The summed E-state index contributed by atoms with van der Waals surface area (Å²) in [5, 5.41) is 11.2. The van der Waals surface area contributed by atoms with Crippen molar-refractivity contribution in [2.75, 3.05) is 12.4 Å². The van der Waals surface area contributed by atoms with E-state index in [1.807, 2.05) is 0 Å². The van der Waals surface area contributed by atoms with Crippen LogP contribution in [0.3, 0.4) is 0 Å². The van der Waals surface area contributed by atoms with Crippen LogP contribution in [0, 0.1) is 0 Å². The zero-order valence-corrected chi connectivity index (χ0v) is 8.54. The van der Waals surface area contributed by atoms with E-state index in [4.69, 9.17) is 16.7 Å². The topological polar surface area (TPSA) is 75.6 Å². The number of methoxy groups -OCH3 is 1. The van der Waals surface area contributed by atoms with Crippen molar-refractivity contribution in [2.24, 2.45) is 0 Å². The number of aromatic carboxylic acids is 1. The van der Waals surface area contributed by atoms with E-state index in [1.165, 1.54) is 25.3 Å². The Balaban J connectivity index is 3.00. The second-order valence-corrected chi connectivity index (χ2v) is 3.02. The fourth-order valence-corrected chi connectivity index (χ4v) is 1.08. The minimum absolute atomic E-state index is 0.0332. The van der Waals surface area contributed by atoms with Gasteiger partial charge in [0.2, 0.25) is 0 Å². The van der Waals surface area contributed by atoms with Gasteiger partial charge in [-0.05, 0) is 18.2 Å². The van der Waals surface area contributed by atoms with Crippen LogP contribution < -0.4 is 5.32 Å². The molecule has 2 N–H and O–H groups in total. The molecule has 0 fully saturated rings. The summed E-state index contributed by atoms with van der Waals surface area (Å²) in [7, 11) is 1.20. The molecule has 1 amide bonds. The molecule has 1 rings (SSSR count). The molecular formula is C9H8ClNO4. The van der Waals surface area contributed by atoms with Gasteiger partial charge in [-0.2, -0.15) is 0 Å². The van der Waals surface area contributed by atoms with Crippen LogP contribution in [0.2, 0.25) is 5.02 Å². The van der Waals surface area contributed by atoms with E-state index < -0.39 is 12.1 Å². The molecule has 1 aromatic rings. The zero-order valence-electron chi connectivity index (χ0n) is 7.78. The van der Waals surface area contributed by atoms with Crippen LogP contribution >= 0.6 is 11.6 Å². The van der Waals surface area contributed by atoms with Crippen molar-refractivity contribution in [1.82, 2.24) is 0 Å². The Labute approximate surface area is 90.6 Å². The average molecular weight is 230 g/mol. The molecule has 0 aromatic heterocycles. The second-order valence-electron chi connectivity index (χ2n) is 2.62. The highest BCUT2D eigenvalue weighted by molar-refractivity contribution is 6.33. The Bertz CT molecular complexity index is 405. The van der Waals surface area contributed by atoms with Gasteiger partial charge in [-0.3, -0.25) is 5.32 Å². The Morgan fingerprint density at radius 1 is 1.47 bits per heavy atom. The van der Waals surface area contributed by atoms with Crippen LogP contribution in [0.1, 0.15) is 10.4 Å². The van der Waals surface area contributed by atoms with Crippen LogP contribution in [-0.2, 0) is 4.74 Å². The van der Waals surface area contributed by atoms with Crippen molar-refractivity contribution in [3.8, 4) is 0 Å². The number of nitrogens with one attached hydrogen (secondary N) is 1. The third kappa shape index (κ3) is 2.85. The summed E-state index contributed by atoms with van der Waals surface area (Å²) < 4.78 is 4.35. The van der Waals surface area contributed by atoms with Gasteiger partial charge in [0.25, 0.3) is 0 Å². The Hall–Kier alpha value is -1.75. The minimum Gasteiger partial charge on any atom is -0.478 e. The highest BCUT2D eigenvalue weighted by Gasteiger charge is 2.09. The molecule has 15 heavy (non-hydrogen) atoms. The van der Waals surface area contributed by atoms with Gasteiger partial charge in [0.1, 0.15) is 0 Å². The lowest BCUT2D eigenvalue weighted by atomic mass is 10.2. The van der Waals surface area contributed by atoms with Crippen molar-refractivity contribution in [2.45, 2.75) is 0 Å². The molecule has 6 heteroatoms. The molecule has 0 saturated heterocycles. The Morgan fingerprint density at radius 2 is 2.13 bits per heavy atom. The first-order chi connectivity index (χ1) is 7.04. The molecule has 0 heterocycles. The number of hydrogen-bond acceptors (Lipinski definition) is 3. The van der Waals surface area contributed by atoms with Crippen molar-refractivity contribution >= 4 is 29.4 Å². The van der Waals surface area contributed by atoms with E-state index in [1.54, 1.807) is 0 Å². The molecule has 0 aliphatic rings. The molecule has 0 bridgehead atoms. The number of ether oxygens (including phenoxy) is 1. The smallest absolute Gasteiger partial charge is 0.411 e. The lowest BCUT2D eigenvalue weighted by Crippen LogP contribution is -2.12.